The van der Waals surface area contributed by atoms with Gasteiger partial charge < -0.3 is 5.32 Å². The number of nitrogens with one attached hydrogen (secondary N) is 2. The summed E-state index contributed by atoms with van der Waals surface area (Å²) in [5, 5.41) is 3.61. The van der Waals surface area contributed by atoms with Gasteiger partial charge in [0.2, 0.25) is 10.0 Å². The van der Waals surface area contributed by atoms with Crippen molar-refractivity contribution in [3.05, 3.63) is 24.3 Å². The monoisotopic (exact) mass is 308 g/mol. The minimum atomic E-state index is -3.35. The van der Waals surface area contributed by atoms with Crippen molar-refractivity contribution in [2.24, 2.45) is 11.8 Å². The third kappa shape index (κ3) is 3.77. The molecule has 3 rings (SSSR count). The summed E-state index contributed by atoms with van der Waals surface area (Å²) in [5.74, 6) is 1.65. The highest BCUT2D eigenvalue weighted by molar-refractivity contribution is 7.89. The molecule has 2 aliphatic rings. The molecule has 2 saturated carbocycles. The predicted molar refractivity (Wildman–Crippen MR) is 84.8 cm³/mol. The van der Waals surface area contributed by atoms with Gasteiger partial charge >= 0.3 is 0 Å². The largest absolute Gasteiger partial charge is 0.382 e. The molecule has 5 heteroatoms. The predicted octanol–water partition coefficient (Wildman–Crippen LogP) is 2.98. The summed E-state index contributed by atoms with van der Waals surface area (Å²) in [4.78, 5) is 0.343. The fraction of sp³-hybridized carbons (Fsp3) is 0.625. The van der Waals surface area contributed by atoms with Crippen molar-refractivity contribution in [1.29, 1.82) is 0 Å². The Morgan fingerprint density at radius 1 is 1.10 bits per heavy atom. The lowest BCUT2D eigenvalue weighted by Crippen LogP contribution is -2.25. The lowest BCUT2D eigenvalue weighted by molar-refractivity contribution is 0.567. The lowest BCUT2D eigenvalue weighted by Gasteiger charge is -2.19. The Bertz CT molecular complexity index is 563. The summed E-state index contributed by atoms with van der Waals surface area (Å²) >= 11 is 0. The van der Waals surface area contributed by atoms with Crippen LogP contribution in [0.1, 0.15) is 39.0 Å². The molecule has 21 heavy (non-hydrogen) atoms. The fourth-order valence-electron chi connectivity index (χ4n) is 2.77. The van der Waals surface area contributed by atoms with Gasteiger partial charge in [0.05, 0.1) is 4.90 Å². The van der Waals surface area contributed by atoms with Crippen LogP contribution in [0, 0.1) is 11.8 Å². The van der Waals surface area contributed by atoms with Crippen molar-refractivity contribution in [1.82, 2.24) is 4.72 Å². The molecule has 0 aromatic heterocycles. The van der Waals surface area contributed by atoms with E-state index in [0.29, 0.717) is 17.5 Å². The zero-order valence-electron chi connectivity index (χ0n) is 12.5. The zero-order chi connectivity index (χ0) is 14.9. The van der Waals surface area contributed by atoms with Crippen LogP contribution in [0.4, 0.5) is 5.69 Å². The van der Waals surface area contributed by atoms with Crippen LogP contribution in [0.25, 0.3) is 0 Å². The molecular formula is C16H24N2O2S. The van der Waals surface area contributed by atoms with Gasteiger partial charge in [-0.2, -0.15) is 0 Å². The van der Waals surface area contributed by atoms with Gasteiger partial charge in [0.25, 0.3) is 0 Å². The van der Waals surface area contributed by atoms with Gasteiger partial charge in [-0.15, -0.1) is 0 Å². The number of sulfonamides is 1. The highest BCUT2D eigenvalue weighted by Gasteiger charge is 2.41. The summed E-state index contributed by atoms with van der Waals surface area (Å²) in [5.41, 5.74) is 1.04. The lowest BCUT2D eigenvalue weighted by atomic mass is 10.1. The number of rotatable bonds is 8. The van der Waals surface area contributed by atoms with Crippen molar-refractivity contribution >= 4 is 15.7 Å². The molecule has 1 aromatic carbocycles. The molecule has 0 heterocycles. The molecule has 0 spiro atoms. The van der Waals surface area contributed by atoms with Gasteiger partial charge in [-0.05, 0) is 68.2 Å². The highest BCUT2D eigenvalue weighted by Crippen LogP contribution is 2.45. The quantitative estimate of drug-likeness (QED) is 0.776. The Kier molecular flexibility index (Phi) is 4.22. The van der Waals surface area contributed by atoms with E-state index in [1.54, 1.807) is 12.1 Å². The number of hydrogen-bond acceptors (Lipinski definition) is 3. The smallest absolute Gasteiger partial charge is 0.240 e. The van der Waals surface area contributed by atoms with Crippen LogP contribution in [0.2, 0.25) is 0 Å². The van der Waals surface area contributed by atoms with Crippen molar-refractivity contribution < 1.29 is 8.42 Å². The van der Waals surface area contributed by atoms with Gasteiger partial charge in [0.15, 0.2) is 0 Å². The molecule has 2 N–H and O–H groups in total. The molecule has 0 saturated heterocycles. The normalized spacial score (nSPS) is 19.0. The molecule has 0 unspecified atom stereocenters. The van der Waals surface area contributed by atoms with E-state index in [-0.39, 0.29) is 0 Å². The highest BCUT2D eigenvalue weighted by atomic mass is 32.2. The molecule has 0 radical (unpaired) electrons. The summed E-state index contributed by atoms with van der Waals surface area (Å²) < 4.78 is 26.7. The standard InChI is InChI=1S/C16H24N2O2S/c1-2-11-17-21(19,20)15-9-7-14(8-10-15)18-16(12-3-4-12)13-5-6-13/h7-10,12-13,16-18H,2-6,11H2,1H3. The molecule has 2 fully saturated rings. The van der Waals surface area contributed by atoms with Crippen LogP contribution in [0.5, 0.6) is 0 Å². The van der Waals surface area contributed by atoms with Gasteiger partial charge in [0.1, 0.15) is 0 Å². The molecule has 4 nitrogen and oxygen atoms in total. The van der Waals surface area contributed by atoms with Crippen LogP contribution >= 0.6 is 0 Å². The molecule has 0 aliphatic heterocycles. The van der Waals surface area contributed by atoms with Gasteiger partial charge in [-0.3, -0.25) is 0 Å². The van der Waals surface area contributed by atoms with Gasteiger partial charge in [-0.1, -0.05) is 6.92 Å². The number of hydrogen-bond donors (Lipinski definition) is 2. The van der Waals surface area contributed by atoms with E-state index in [2.05, 4.69) is 10.0 Å². The minimum absolute atomic E-state index is 0.343. The second kappa shape index (κ2) is 5.97. The van der Waals surface area contributed by atoms with Crippen LogP contribution in [0.3, 0.4) is 0 Å². The fourth-order valence-corrected chi connectivity index (χ4v) is 3.91. The first-order valence-electron chi connectivity index (χ1n) is 7.96. The Hall–Kier alpha value is -1.07. The SMILES string of the molecule is CCCNS(=O)(=O)c1ccc(NC(C2CC2)C2CC2)cc1. The van der Waals surface area contributed by atoms with E-state index in [4.69, 9.17) is 0 Å². The van der Waals surface area contributed by atoms with Gasteiger partial charge in [0, 0.05) is 18.3 Å². The Labute approximate surface area is 127 Å². The first-order chi connectivity index (χ1) is 10.1. The maximum absolute atomic E-state index is 12.0. The van der Waals surface area contributed by atoms with E-state index in [9.17, 15) is 8.42 Å². The maximum Gasteiger partial charge on any atom is 0.240 e. The third-order valence-corrected chi connectivity index (χ3v) is 5.78. The number of anilines is 1. The number of benzene rings is 1. The summed E-state index contributed by atoms with van der Waals surface area (Å²) in [6.07, 6.45) is 6.13. The topological polar surface area (TPSA) is 58.2 Å². The van der Waals surface area contributed by atoms with Crippen LogP contribution in [-0.4, -0.2) is 21.0 Å². The van der Waals surface area contributed by atoms with Crippen LogP contribution in [0.15, 0.2) is 29.2 Å². The first kappa shape index (κ1) is 14.9. The molecule has 0 atom stereocenters. The second-order valence-corrected chi connectivity index (χ2v) is 8.03. The van der Waals surface area contributed by atoms with Crippen molar-refractivity contribution in [2.45, 2.75) is 50.0 Å². The molecule has 1 aromatic rings. The molecule has 2 aliphatic carbocycles. The Morgan fingerprint density at radius 2 is 1.67 bits per heavy atom. The Morgan fingerprint density at radius 3 is 2.14 bits per heavy atom. The average Bonchev–Trinajstić information content (AvgIpc) is 3.36. The van der Waals surface area contributed by atoms with Crippen LogP contribution < -0.4 is 10.0 Å². The van der Waals surface area contributed by atoms with E-state index >= 15 is 0 Å². The second-order valence-electron chi connectivity index (χ2n) is 6.27. The average molecular weight is 308 g/mol. The summed E-state index contributed by atoms with van der Waals surface area (Å²) in [6.45, 7) is 2.43. The van der Waals surface area contributed by atoms with Crippen molar-refractivity contribution in [2.75, 3.05) is 11.9 Å². The van der Waals surface area contributed by atoms with Crippen molar-refractivity contribution in [3.8, 4) is 0 Å². The Balaban J connectivity index is 1.66. The van der Waals surface area contributed by atoms with E-state index in [1.165, 1.54) is 25.7 Å². The molecule has 116 valence electrons. The molecular weight excluding hydrogens is 284 g/mol. The van der Waals surface area contributed by atoms with Gasteiger partial charge in [-0.25, -0.2) is 13.1 Å². The zero-order valence-corrected chi connectivity index (χ0v) is 13.3. The third-order valence-electron chi connectivity index (χ3n) is 4.30. The van der Waals surface area contributed by atoms with Crippen LogP contribution in [-0.2, 0) is 10.0 Å². The van der Waals surface area contributed by atoms with E-state index < -0.39 is 10.0 Å². The maximum atomic E-state index is 12.0. The summed E-state index contributed by atoms with van der Waals surface area (Å²) in [6, 6.07) is 7.75. The summed E-state index contributed by atoms with van der Waals surface area (Å²) in [7, 11) is -3.35. The van der Waals surface area contributed by atoms with E-state index in [0.717, 1.165) is 23.9 Å². The van der Waals surface area contributed by atoms with Crippen molar-refractivity contribution in [3.63, 3.8) is 0 Å². The minimum Gasteiger partial charge on any atom is -0.382 e. The van der Waals surface area contributed by atoms with E-state index in [1.807, 2.05) is 19.1 Å². The molecule has 0 amide bonds. The molecule has 0 bridgehead atoms. The first-order valence-corrected chi connectivity index (χ1v) is 9.45.